The lowest BCUT2D eigenvalue weighted by Crippen LogP contribution is -2.28. The Labute approximate surface area is 256 Å². The van der Waals surface area contributed by atoms with Crippen molar-refractivity contribution in [3.63, 3.8) is 0 Å². The van der Waals surface area contributed by atoms with Crippen LogP contribution < -0.4 is 5.32 Å². The molecule has 1 amide bonds. The van der Waals surface area contributed by atoms with E-state index in [1.807, 2.05) is 48.5 Å². The predicted molar refractivity (Wildman–Crippen MR) is 175 cm³/mol. The largest absolute Gasteiger partial charge is 0.348 e. The van der Waals surface area contributed by atoms with Crippen molar-refractivity contribution < 1.29 is 9.59 Å². The zero-order chi connectivity index (χ0) is 29.4. The number of unbranched alkanes of at least 4 members (excludes halogenated alkanes) is 1. The lowest BCUT2D eigenvalue weighted by molar-refractivity contribution is 0.0891. The summed E-state index contributed by atoms with van der Waals surface area (Å²) in [5, 5.41) is 3.14. The zero-order valence-electron chi connectivity index (χ0n) is 25.1. The van der Waals surface area contributed by atoms with Crippen LogP contribution in [0, 0.1) is 11.8 Å². The van der Waals surface area contributed by atoms with Gasteiger partial charge in [-0.3, -0.25) is 9.59 Å². The van der Waals surface area contributed by atoms with Gasteiger partial charge in [-0.15, -0.1) is 0 Å². The topological polar surface area (TPSA) is 46.2 Å². The van der Waals surface area contributed by atoms with Gasteiger partial charge in [-0.1, -0.05) is 116 Å². The number of carbonyl (C=O) groups is 2. The van der Waals surface area contributed by atoms with Gasteiger partial charge in [0.05, 0.1) is 0 Å². The van der Waals surface area contributed by atoms with Crippen molar-refractivity contribution in [2.45, 2.75) is 76.7 Å². The maximum atomic E-state index is 13.5. The average molecular weight is 570 g/mol. The fraction of sp³-hybridized carbons (Fsp3) is 0.350. The van der Waals surface area contributed by atoms with Gasteiger partial charge in [-0.05, 0) is 90.7 Å². The summed E-state index contributed by atoms with van der Waals surface area (Å²) >= 11 is 0. The van der Waals surface area contributed by atoms with Gasteiger partial charge in [0, 0.05) is 23.6 Å². The Bertz CT molecular complexity index is 1520. The molecular formula is C40H43NO2. The van der Waals surface area contributed by atoms with E-state index in [2.05, 4.69) is 59.9 Å². The summed E-state index contributed by atoms with van der Waals surface area (Å²) < 4.78 is 0. The van der Waals surface area contributed by atoms with Crippen molar-refractivity contribution in [2.24, 2.45) is 11.8 Å². The summed E-state index contributed by atoms with van der Waals surface area (Å²) in [6.07, 6.45) is 11.5. The molecule has 3 heteroatoms. The first kappa shape index (κ1) is 29.1. The van der Waals surface area contributed by atoms with Crippen LogP contribution in [0.4, 0.5) is 0 Å². The Kier molecular flexibility index (Phi) is 9.47. The number of rotatable bonds is 10. The van der Waals surface area contributed by atoms with Crippen LogP contribution in [0.3, 0.4) is 0 Å². The number of Topliss-reactive ketones (excluding diaryl/α,β-unsaturated/α-hetero) is 1. The van der Waals surface area contributed by atoms with Crippen molar-refractivity contribution in [3.05, 3.63) is 131 Å². The first-order valence-corrected chi connectivity index (χ1v) is 16.3. The minimum absolute atomic E-state index is 0.0809. The predicted octanol–water partition coefficient (Wildman–Crippen LogP) is 9.56. The molecule has 0 heterocycles. The highest BCUT2D eigenvalue weighted by atomic mass is 16.1. The van der Waals surface area contributed by atoms with Crippen LogP contribution in [0.15, 0.2) is 103 Å². The summed E-state index contributed by atoms with van der Waals surface area (Å²) in [6, 6.07) is 35.1. The molecule has 0 aromatic heterocycles. The molecule has 0 spiro atoms. The van der Waals surface area contributed by atoms with E-state index >= 15 is 0 Å². The average Bonchev–Trinajstić information content (AvgIpc) is 3.07. The number of carbonyl (C=O) groups excluding carboxylic acids is 2. The normalized spacial score (nSPS) is 19.9. The Morgan fingerprint density at radius 2 is 1.35 bits per heavy atom. The van der Waals surface area contributed by atoms with Crippen LogP contribution in [0.2, 0.25) is 0 Å². The number of hydrogen-bond donors (Lipinski definition) is 1. The number of amides is 1. The molecule has 4 aromatic rings. The third kappa shape index (κ3) is 6.99. The smallest absolute Gasteiger partial charge is 0.251 e. The quantitative estimate of drug-likeness (QED) is 0.193. The molecule has 0 radical (unpaired) electrons. The highest BCUT2D eigenvalue weighted by Gasteiger charge is 2.30. The molecule has 6 rings (SSSR count). The van der Waals surface area contributed by atoms with Crippen molar-refractivity contribution >= 4 is 11.7 Å². The number of ketones is 1. The standard InChI is InChI=1S/C40H43NO2/c42-39-33(17-8-7-12-29-22-24-31(25-23-29)30-13-3-1-4-14-30)26-27-36-37(39)20-11-21-38(36)40(43)41-28-34-18-9-10-19-35(34)32-15-5-2-6-16-32/h1-6,9-11,13-16,18-21,29,31,33H,7-8,12,17,22-28H2,(H,41,43). The van der Waals surface area contributed by atoms with Crippen LogP contribution in [0.5, 0.6) is 0 Å². The van der Waals surface area contributed by atoms with Crippen LogP contribution >= 0.6 is 0 Å². The van der Waals surface area contributed by atoms with Gasteiger partial charge in [-0.25, -0.2) is 0 Å². The van der Waals surface area contributed by atoms with Gasteiger partial charge in [-0.2, -0.15) is 0 Å². The first-order chi connectivity index (χ1) is 21.2. The lowest BCUT2D eigenvalue weighted by Gasteiger charge is -2.29. The molecule has 2 aliphatic rings. The molecule has 0 saturated heterocycles. The third-order valence-electron chi connectivity index (χ3n) is 9.87. The maximum Gasteiger partial charge on any atom is 0.251 e. The van der Waals surface area contributed by atoms with Crippen LogP contribution in [-0.2, 0) is 13.0 Å². The van der Waals surface area contributed by atoms with E-state index < -0.39 is 0 Å². The fourth-order valence-electron chi connectivity index (χ4n) is 7.42. The Hall–Kier alpha value is -3.98. The monoisotopic (exact) mass is 569 g/mol. The van der Waals surface area contributed by atoms with Gasteiger partial charge in [0.2, 0.25) is 0 Å². The molecule has 0 aliphatic heterocycles. The zero-order valence-corrected chi connectivity index (χ0v) is 25.1. The second-order valence-corrected chi connectivity index (χ2v) is 12.6. The molecule has 1 fully saturated rings. The van der Waals surface area contributed by atoms with Crippen molar-refractivity contribution in [3.8, 4) is 11.1 Å². The summed E-state index contributed by atoms with van der Waals surface area (Å²) in [7, 11) is 0. The summed E-state index contributed by atoms with van der Waals surface area (Å²) in [6.45, 7) is 0.443. The highest BCUT2D eigenvalue weighted by molar-refractivity contribution is 6.04. The number of fused-ring (bicyclic) bond motifs is 1. The number of nitrogens with one attached hydrogen (secondary N) is 1. The van der Waals surface area contributed by atoms with E-state index in [1.165, 1.54) is 44.1 Å². The van der Waals surface area contributed by atoms with Gasteiger partial charge < -0.3 is 5.32 Å². The molecule has 43 heavy (non-hydrogen) atoms. The molecular weight excluding hydrogens is 526 g/mol. The highest BCUT2D eigenvalue weighted by Crippen LogP contribution is 2.38. The van der Waals surface area contributed by atoms with Crippen LogP contribution in [0.25, 0.3) is 11.1 Å². The molecule has 1 saturated carbocycles. The lowest BCUT2D eigenvalue weighted by atomic mass is 9.76. The molecule has 1 N–H and O–H groups in total. The molecule has 3 nitrogen and oxygen atoms in total. The van der Waals surface area contributed by atoms with E-state index in [0.717, 1.165) is 65.3 Å². The van der Waals surface area contributed by atoms with Gasteiger partial charge in [0.25, 0.3) is 5.91 Å². The van der Waals surface area contributed by atoms with E-state index in [9.17, 15) is 9.59 Å². The molecule has 0 bridgehead atoms. The SMILES string of the molecule is O=C(NCc1ccccc1-c1ccccc1)c1cccc2c1CCC(CCCCC1CCC(c3ccccc3)CC1)C2=O. The number of hydrogen-bond acceptors (Lipinski definition) is 2. The summed E-state index contributed by atoms with van der Waals surface area (Å²) in [4.78, 5) is 26.9. The van der Waals surface area contributed by atoms with Crippen molar-refractivity contribution in [1.82, 2.24) is 5.32 Å². The second kappa shape index (κ2) is 14.0. The molecule has 1 atom stereocenters. The van der Waals surface area contributed by atoms with E-state index in [-0.39, 0.29) is 17.6 Å². The second-order valence-electron chi connectivity index (χ2n) is 12.6. The Morgan fingerprint density at radius 1 is 0.674 bits per heavy atom. The Balaban J connectivity index is 0.996. The minimum atomic E-state index is -0.104. The van der Waals surface area contributed by atoms with Gasteiger partial charge in [0.15, 0.2) is 5.78 Å². The fourth-order valence-corrected chi connectivity index (χ4v) is 7.42. The minimum Gasteiger partial charge on any atom is -0.348 e. The molecule has 1 unspecified atom stereocenters. The van der Waals surface area contributed by atoms with E-state index in [1.54, 1.807) is 0 Å². The summed E-state index contributed by atoms with van der Waals surface area (Å²) in [5.74, 6) is 1.77. The van der Waals surface area contributed by atoms with E-state index in [4.69, 9.17) is 0 Å². The summed E-state index contributed by atoms with van der Waals surface area (Å²) in [5.41, 5.74) is 7.17. The third-order valence-corrected chi connectivity index (χ3v) is 9.87. The Morgan fingerprint density at radius 3 is 2.14 bits per heavy atom. The van der Waals surface area contributed by atoms with Gasteiger partial charge in [0.1, 0.15) is 0 Å². The molecule has 220 valence electrons. The first-order valence-electron chi connectivity index (χ1n) is 16.3. The number of benzene rings is 4. The van der Waals surface area contributed by atoms with Crippen LogP contribution in [-0.4, -0.2) is 11.7 Å². The molecule has 2 aliphatic carbocycles. The van der Waals surface area contributed by atoms with Crippen LogP contribution in [0.1, 0.15) is 101 Å². The molecule has 4 aromatic carbocycles. The van der Waals surface area contributed by atoms with Crippen molar-refractivity contribution in [2.75, 3.05) is 0 Å². The van der Waals surface area contributed by atoms with E-state index in [0.29, 0.717) is 12.1 Å². The van der Waals surface area contributed by atoms with Gasteiger partial charge >= 0.3 is 0 Å². The van der Waals surface area contributed by atoms with Crippen molar-refractivity contribution in [1.29, 1.82) is 0 Å². The maximum absolute atomic E-state index is 13.5.